The van der Waals surface area contributed by atoms with E-state index in [1.54, 1.807) is 42.7 Å². The molecule has 0 N–H and O–H groups in total. The van der Waals surface area contributed by atoms with Gasteiger partial charge in [0, 0.05) is 42.7 Å². The summed E-state index contributed by atoms with van der Waals surface area (Å²) in [7, 11) is 3.40. The Hall–Kier alpha value is -0.586. The lowest BCUT2D eigenvalue weighted by atomic mass is 10.2. The second-order valence-electron chi connectivity index (χ2n) is 4.67. The lowest BCUT2D eigenvalue weighted by Crippen LogP contribution is -2.62. The zero-order valence-corrected chi connectivity index (χ0v) is 16.1. The molecule has 0 radical (unpaired) electrons. The number of rotatable bonds is 10. The normalized spacial score (nSPS) is 12.9. The van der Waals surface area contributed by atoms with Crippen molar-refractivity contribution in [3.8, 4) is 0 Å². The Balaban J connectivity index is 3.30. The Bertz CT molecular complexity index is 386. The maximum atomic E-state index is 5.67. The molecule has 1 rings (SSSR count). The molecule has 0 aliphatic rings. The highest BCUT2D eigenvalue weighted by Gasteiger charge is 2.63. The van der Waals surface area contributed by atoms with E-state index < -0.39 is 17.6 Å². The molecule has 0 aromatic heterocycles. The summed E-state index contributed by atoms with van der Waals surface area (Å²) in [6.07, 6.45) is 0.615. The summed E-state index contributed by atoms with van der Waals surface area (Å²) in [5, 5.41) is -0.276. The van der Waals surface area contributed by atoms with Crippen LogP contribution in [0.5, 0.6) is 0 Å². The molecule has 0 fully saturated rings. The SMILES string of the molecule is CO[Si](OC)(OC)C(Cc1ccccc1)[Si](OC)(OC)OC. The zero-order chi connectivity index (χ0) is 16.6. The first kappa shape index (κ1) is 19.5. The average Bonchev–Trinajstić information content (AvgIpc) is 2.59. The lowest BCUT2D eigenvalue weighted by molar-refractivity contribution is 0.0798. The topological polar surface area (TPSA) is 55.4 Å². The van der Waals surface area contributed by atoms with Gasteiger partial charge in [-0.1, -0.05) is 30.3 Å². The van der Waals surface area contributed by atoms with E-state index in [0.29, 0.717) is 6.42 Å². The third kappa shape index (κ3) is 3.84. The van der Waals surface area contributed by atoms with Crippen molar-refractivity contribution in [2.45, 2.75) is 11.6 Å². The van der Waals surface area contributed by atoms with E-state index in [2.05, 4.69) is 0 Å². The summed E-state index contributed by atoms with van der Waals surface area (Å²) >= 11 is 0. The van der Waals surface area contributed by atoms with E-state index in [0.717, 1.165) is 5.56 Å². The molecule has 1 aromatic carbocycles. The van der Waals surface area contributed by atoms with Crippen molar-refractivity contribution in [1.82, 2.24) is 0 Å². The van der Waals surface area contributed by atoms with E-state index in [1.807, 2.05) is 30.3 Å². The fraction of sp³-hybridized carbons (Fsp3) is 0.571. The van der Waals surface area contributed by atoms with Gasteiger partial charge < -0.3 is 26.6 Å². The molecule has 0 spiro atoms. The number of hydrogen-bond acceptors (Lipinski definition) is 6. The predicted octanol–water partition coefficient (Wildman–Crippen LogP) is 1.89. The van der Waals surface area contributed by atoms with Gasteiger partial charge in [0.2, 0.25) is 0 Å². The first-order chi connectivity index (χ1) is 10.6. The molecule has 0 saturated carbocycles. The van der Waals surface area contributed by atoms with Crippen molar-refractivity contribution in [2.24, 2.45) is 0 Å². The highest BCUT2D eigenvalue weighted by Crippen LogP contribution is 2.37. The summed E-state index contributed by atoms with van der Waals surface area (Å²) < 4.78 is 34.0. The number of hydrogen-bond donors (Lipinski definition) is 0. The summed E-state index contributed by atoms with van der Waals surface area (Å²) in [5.74, 6) is 0. The van der Waals surface area contributed by atoms with Crippen molar-refractivity contribution in [1.29, 1.82) is 0 Å². The van der Waals surface area contributed by atoms with Crippen LogP contribution >= 0.6 is 0 Å². The van der Waals surface area contributed by atoms with Crippen LogP contribution in [0.1, 0.15) is 5.56 Å². The standard InChI is InChI=1S/C14H26O6Si2/c1-15-21(16-2,17-3)14(22(18-4,19-5)20-6)12-13-10-8-7-9-11-13/h7-11,14H,12H2,1-6H3. The van der Waals surface area contributed by atoms with Gasteiger partial charge in [-0.15, -0.1) is 0 Å². The molecule has 0 bridgehead atoms. The minimum atomic E-state index is -3.04. The molecule has 6 nitrogen and oxygen atoms in total. The van der Waals surface area contributed by atoms with Crippen LogP contribution in [0.4, 0.5) is 0 Å². The minimum Gasteiger partial charge on any atom is -0.377 e. The van der Waals surface area contributed by atoms with Gasteiger partial charge in [-0.25, -0.2) is 0 Å². The molecule has 0 amide bonds. The fourth-order valence-corrected chi connectivity index (χ4v) is 10.2. The van der Waals surface area contributed by atoms with Gasteiger partial charge >= 0.3 is 17.6 Å². The van der Waals surface area contributed by atoms with E-state index in [9.17, 15) is 0 Å². The van der Waals surface area contributed by atoms with E-state index in [1.165, 1.54) is 0 Å². The summed E-state index contributed by atoms with van der Waals surface area (Å²) in [6.45, 7) is 0. The molecule has 0 aliphatic heterocycles. The van der Waals surface area contributed by atoms with E-state index in [-0.39, 0.29) is 5.16 Å². The first-order valence-corrected chi connectivity index (χ1v) is 10.5. The van der Waals surface area contributed by atoms with Crippen LogP contribution in [0.15, 0.2) is 30.3 Å². The van der Waals surface area contributed by atoms with Crippen LogP contribution in [0.2, 0.25) is 5.16 Å². The van der Waals surface area contributed by atoms with Crippen LogP contribution in [-0.4, -0.2) is 60.3 Å². The van der Waals surface area contributed by atoms with Gasteiger partial charge in [0.05, 0.1) is 0 Å². The molecule has 8 heteroatoms. The second kappa shape index (κ2) is 8.89. The molecule has 126 valence electrons. The maximum Gasteiger partial charge on any atom is 0.508 e. The molecule has 0 aliphatic carbocycles. The first-order valence-electron chi connectivity index (χ1n) is 6.92. The molecule has 0 saturated heterocycles. The largest absolute Gasteiger partial charge is 0.508 e. The Morgan fingerprint density at radius 1 is 0.682 bits per heavy atom. The Morgan fingerprint density at radius 2 is 1.05 bits per heavy atom. The van der Waals surface area contributed by atoms with Gasteiger partial charge in [0.1, 0.15) is 5.16 Å². The van der Waals surface area contributed by atoms with Gasteiger partial charge in [-0.05, 0) is 12.0 Å². The fourth-order valence-electron chi connectivity index (χ4n) is 2.67. The Labute approximate surface area is 135 Å². The predicted molar refractivity (Wildman–Crippen MR) is 87.5 cm³/mol. The number of benzene rings is 1. The van der Waals surface area contributed by atoms with Gasteiger partial charge in [0.15, 0.2) is 0 Å². The molecule has 0 unspecified atom stereocenters. The van der Waals surface area contributed by atoms with E-state index >= 15 is 0 Å². The molecule has 1 aromatic rings. The van der Waals surface area contributed by atoms with Crippen molar-refractivity contribution in [3.05, 3.63) is 35.9 Å². The molecular formula is C14H26O6Si2. The third-order valence-electron chi connectivity index (χ3n) is 3.84. The summed E-state index contributed by atoms with van der Waals surface area (Å²) in [5.41, 5.74) is 1.11. The van der Waals surface area contributed by atoms with Crippen LogP contribution in [0.25, 0.3) is 0 Å². The third-order valence-corrected chi connectivity index (χ3v) is 11.5. The highest BCUT2D eigenvalue weighted by molar-refractivity contribution is 6.82. The van der Waals surface area contributed by atoms with E-state index in [4.69, 9.17) is 26.6 Å². The van der Waals surface area contributed by atoms with Gasteiger partial charge in [-0.2, -0.15) is 0 Å². The smallest absolute Gasteiger partial charge is 0.377 e. The quantitative estimate of drug-likeness (QED) is 0.603. The van der Waals surface area contributed by atoms with Crippen LogP contribution in [0.3, 0.4) is 0 Å². The molecule has 22 heavy (non-hydrogen) atoms. The minimum absolute atomic E-state index is 0.276. The van der Waals surface area contributed by atoms with Crippen LogP contribution in [0, 0.1) is 0 Å². The molecular weight excluding hydrogens is 320 g/mol. The molecule has 0 heterocycles. The van der Waals surface area contributed by atoms with Crippen molar-refractivity contribution < 1.29 is 26.6 Å². The summed E-state index contributed by atoms with van der Waals surface area (Å²) in [6, 6.07) is 10.0. The van der Waals surface area contributed by atoms with Crippen LogP contribution < -0.4 is 0 Å². The lowest BCUT2D eigenvalue weighted by Gasteiger charge is -2.39. The monoisotopic (exact) mass is 346 g/mol. The Morgan fingerprint density at radius 3 is 1.36 bits per heavy atom. The molecule has 0 atom stereocenters. The maximum absolute atomic E-state index is 5.67. The highest BCUT2D eigenvalue weighted by atomic mass is 28.5. The zero-order valence-electron chi connectivity index (χ0n) is 14.1. The van der Waals surface area contributed by atoms with Crippen molar-refractivity contribution in [3.63, 3.8) is 0 Å². The average molecular weight is 347 g/mol. The van der Waals surface area contributed by atoms with Gasteiger partial charge in [0.25, 0.3) is 0 Å². The second-order valence-corrected chi connectivity index (χ2v) is 11.5. The van der Waals surface area contributed by atoms with Crippen molar-refractivity contribution in [2.75, 3.05) is 42.7 Å². The summed E-state index contributed by atoms with van der Waals surface area (Å²) in [4.78, 5) is 0. The van der Waals surface area contributed by atoms with Crippen molar-refractivity contribution >= 4 is 17.6 Å². The Kier molecular flexibility index (Phi) is 7.87. The van der Waals surface area contributed by atoms with Crippen LogP contribution in [-0.2, 0) is 33.0 Å². The van der Waals surface area contributed by atoms with Gasteiger partial charge in [-0.3, -0.25) is 0 Å².